The van der Waals surface area contributed by atoms with Crippen LogP contribution < -0.4 is 5.73 Å². The maximum atomic E-state index is 5.93. The van der Waals surface area contributed by atoms with Gasteiger partial charge in [-0.1, -0.05) is 6.07 Å². The summed E-state index contributed by atoms with van der Waals surface area (Å²) in [6.45, 7) is 3.29. The number of nitrogens with zero attached hydrogens (tertiary/aromatic N) is 3. The minimum absolute atomic E-state index is 0.681. The Balaban J connectivity index is 1.69. The topological polar surface area (TPSA) is 45.4 Å². The molecule has 2 bridgehead atoms. The van der Waals surface area contributed by atoms with E-state index in [0.717, 1.165) is 24.2 Å². The first-order valence-corrected chi connectivity index (χ1v) is 6.87. The van der Waals surface area contributed by atoms with Gasteiger partial charge in [-0.3, -0.25) is 9.80 Å². The van der Waals surface area contributed by atoms with Crippen LogP contribution in [0.25, 0.3) is 0 Å². The Morgan fingerprint density at radius 3 is 3.00 bits per heavy atom. The van der Waals surface area contributed by atoms with Crippen molar-refractivity contribution in [2.45, 2.75) is 37.9 Å². The molecule has 0 aromatic carbocycles. The first-order chi connectivity index (χ1) is 8.74. The Morgan fingerprint density at radius 1 is 1.33 bits per heavy atom. The summed E-state index contributed by atoms with van der Waals surface area (Å²) < 4.78 is 0. The average Bonchev–Trinajstić information content (AvgIpc) is 2.60. The standard InChI is InChI=1S/C14H22N4/c1-17-12-4-5-13(17)10-18(8-6-12)9-11-3-2-7-16-14(11)15/h2-3,7,12-13H,4-6,8-10H2,1H3,(H2,15,16). The van der Waals surface area contributed by atoms with Gasteiger partial charge in [0.05, 0.1) is 0 Å². The lowest BCUT2D eigenvalue weighted by atomic mass is 10.1. The number of likely N-dealkylation sites (tertiary alicyclic amines) is 1. The van der Waals surface area contributed by atoms with Crippen LogP contribution in [-0.2, 0) is 6.54 Å². The van der Waals surface area contributed by atoms with Crippen molar-refractivity contribution in [1.29, 1.82) is 0 Å². The van der Waals surface area contributed by atoms with Gasteiger partial charge in [-0.15, -0.1) is 0 Å². The van der Waals surface area contributed by atoms with Crippen LogP contribution in [-0.4, -0.2) is 47.0 Å². The first-order valence-electron chi connectivity index (χ1n) is 6.87. The van der Waals surface area contributed by atoms with Crippen molar-refractivity contribution < 1.29 is 0 Å². The van der Waals surface area contributed by atoms with E-state index in [4.69, 9.17) is 5.73 Å². The predicted octanol–water partition coefficient (Wildman–Crippen LogP) is 1.33. The second kappa shape index (κ2) is 4.86. The number of aromatic nitrogens is 1. The molecule has 3 rings (SSSR count). The predicted molar refractivity (Wildman–Crippen MR) is 73.1 cm³/mol. The van der Waals surface area contributed by atoms with Crippen LogP contribution in [0.3, 0.4) is 0 Å². The van der Waals surface area contributed by atoms with Crippen LogP contribution in [0.4, 0.5) is 5.82 Å². The molecule has 98 valence electrons. The van der Waals surface area contributed by atoms with Gasteiger partial charge in [0, 0.05) is 43.5 Å². The molecule has 0 amide bonds. The normalized spacial score (nSPS) is 29.4. The van der Waals surface area contributed by atoms with Crippen LogP contribution in [0, 0.1) is 0 Å². The maximum Gasteiger partial charge on any atom is 0.127 e. The highest BCUT2D eigenvalue weighted by molar-refractivity contribution is 5.38. The van der Waals surface area contributed by atoms with Crippen molar-refractivity contribution in [2.75, 3.05) is 25.9 Å². The molecular formula is C14H22N4. The number of likely N-dealkylation sites (N-methyl/N-ethyl adjacent to an activating group) is 1. The van der Waals surface area contributed by atoms with Crippen LogP contribution in [0.2, 0.25) is 0 Å². The fraction of sp³-hybridized carbons (Fsp3) is 0.643. The van der Waals surface area contributed by atoms with Gasteiger partial charge < -0.3 is 5.73 Å². The number of pyridine rings is 1. The van der Waals surface area contributed by atoms with Crippen molar-refractivity contribution in [1.82, 2.24) is 14.8 Å². The molecule has 2 aliphatic rings. The summed E-state index contributed by atoms with van der Waals surface area (Å²) in [7, 11) is 2.28. The molecule has 2 aliphatic heterocycles. The third kappa shape index (κ3) is 2.22. The highest BCUT2D eigenvalue weighted by Gasteiger charge is 2.34. The van der Waals surface area contributed by atoms with E-state index in [9.17, 15) is 0 Å². The molecule has 3 heterocycles. The van der Waals surface area contributed by atoms with E-state index in [0.29, 0.717) is 5.82 Å². The molecule has 0 saturated carbocycles. The molecule has 0 spiro atoms. The zero-order chi connectivity index (χ0) is 12.5. The van der Waals surface area contributed by atoms with Gasteiger partial charge in [0.25, 0.3) is 0 Å². The molecule has 0 aliphatic carbocycles. The molecule has 18 heavy (non-hydrogen) atoms. The quantitative estimate of drug-likeness (QED) is 0.855. The van der Waals surface area contributed by atoms with Gasteiger partial charge in [0.2, 0.25) is 0 Å². The summed E-state index contributed by atoms with van der Waals surface area (Å²) in [4.78, 5) is 9.28. The first kappa shape index (κ1) is 11.9. The molecule has 2 unspecified atom stereocenters. The summed E-state index contributed by atoms with van der Waals surface area (Å²) in [5.74, 6) is 0.681. The Morgan fingerprint density at radius 2 is 2.17 bits per heavy atom. The lowest BCUT2D eigenvalue weighted by Gasteiger charge is -2.25. The minimum atomic E-state index is 0.681. The lowest BCUT2D eigenvalue weighted by Crippen LogP contribution is -2.36. The monoisotopic (exact) mass is 246 g/mol. The second-order valence-corrected chi connectivity index (χ2v) is 5.62. The Hall–Kier alpha value is -1.13. The van der Waals surface area contributed by atoms with E-state index >= 15 is 0 Å². The van der Waals surface area contributed by atoms with Gasteiger partial charge >= 0.3 is 0 Å². The number of fused-ring (bicyclic) bond motifs is 2. The van der Waals surface area contributed by atoms with Crippen molar-refractivity contribution in [2.24, 2.45) is 0 Å². The molecule has 1 aromatic rings. The molecule has 0 radical (unpaired) electrons. The Labute approximate surface area is 109 Å². The van der Waals surface area contributed by atoms with E-state index in [2.05, 4.69) is 27.9 Å². The third-order valence-corrected chi connectivity index (χ3v) is 4.55. The zero-order valence-electron chi connectivity index (χ0n) is 11.0. The lowest BCUT2D eigenvalue weighted by molar-refractivity contribution is 0.215. The highest BCUT2D eigenvalue weighted by Crippen LogP contribution is 2.29. The van der Waals surface area contributed by atoms with Crippen molar-refractivity contribution in [3.05, 3.63) is 23.9 Å². The zero-order valence-corrected chi connectivity index (χ0v) is 11.0. The van der Waals surface area contributed by atoms with Gasteiger partial charge in [-0.25, -0.2) is 4.98 Å². The number of anilines is 1. The van der Waals surface area contributed by atoms with Crippen LogP contribution in [0.15, 0.2) is 18.3 Å². The average molecular weight is 246 g/mol. The summed E-state index contributed by atoms with van der Waals surface area (Å²) >= 11 is 0. The second-order valence-electron chi connectivity index (χ2n) is 5.62. The van der Waals surface area contributed by atoms with Gasteiger partial charge in [-0.2, -0.15) is 0 Å². The summed E-state index contributed by atoms with van der Waals surface area (Å²) in [5, 5.41) is 0. The van der Waals surface area contributed by atoms with Crippen LogP contribution >= 0.6 is 0 Å². The molecular weight excluding hydrogens is 224 g/mol. The van der Waals surface area contributed by atoms with Crippen molar-refractivity contribution in [3.63, 3.8) is 0 Å². The molecule has 2 saturated heterocycles. The van der Waals surface area contributed by atoms with Gasteiger partial charge in [0.15, 0.2) is 0 Å². The number of hydrogen-bond acceptors (Lipinski definition) is 4. The third-order valence-electron chi connectivity index (χ3n) is 4.55. The molecule has 2 atom stereocenters. The van der Waals surface area contributed by atoms with E-state index in [1.807, 2.05) is 6.07 Å². The van der Waals surface area contributed by atoms with Gasteiger partial charge in [-0.05, 0) is 32.4 Å². The molecule has 2 N–H and O–H groups in total. The molecule has 4 nitrogen and oxygen atoms in total. The van der Waals surface area contributed by atoms with Crippen LogP contribution in [0.5, 0.6) is 0 Å². The largest absolute Gasteiger partial charge is 0.383 e. The summed E-state index contributed by atoms with van der Waals surface area (Å²) in [6, 6.07) is 5.60. The Bertz CT molecular complexity index is 420. The van der Waals surface area contributed by atoms with E-state index in [1.54, 1.807) is 6.20 Å². The summed E-state index contributed by atoms with van der Waals surface area (Å²) in [5.41, 5.74) is 7.10. The molecule has 1 aromatic heterocycles. The summed E-state index contributed by atoms with van der Waals surface area (Å²) in [6.07, 6.45) is 5.77. The van der Waals surface area contributed by atoms with E-state index < -0.39 is 0 Å². The molecule has 2 fully saturated rings. The smallest absolute Gasteiger partial charge is 0.127 e. The molecule has 4 heteroatoms. The number of nitrogens with two attached hydrogens (primary N) is 1. The van der Waals surface area contributed by atoms with Gasteiger partial charge in [0.1, 0.15) is 5.82 Å². The minimum Gasteiger partial charge on any atom is -0.383 e. The fourth-order valence-corrected chi connectivity index (χ4v) is 3.35. The van der Waals surface area contributed by atoms with E-state index in [-0.39, 0.29) is 0 Å². The number of hydrogen-bond donors (Lipinski definition) is 1. The Kier molecular flexibility index (Phi) is 3.22. The maximum absolute atomic E-state index is 5.93. The highest BCUT2D eigenvalue weighted by atomic mass is 15.3. The number of nitrogen functional groups attached to an aromatic ring is 1. The number of rotatable bonds is 2. The SMILES string of the molecule is CN1C2CCC1CN(Cc1cccnc1N)CC2. The fourth-order valence-electron chi connectivity index (χ4n) is 3.35. The van der Waals surface area contributed by atoms with Crippen molar-refractivity contribution in [3.8, 4) is 0 Å². The van der Waals surface area contributed by atoms with Crippen LogP contribution in [0.1, 0.15) is 24.8 Å². The van der Waals surface area contributed by atoms with Crippen molar-refractivity contribution >= 4 is 5.82 Å². The van der Waals surface area contributed by atoms with E-state index in [1.165, 1.54) is 32.4 Å².